The van der Waals surface area contributed by atoms with Gasteiger partial charge in [-0.25, -0.2) is 0 Å². The van der Waals surface area contributed by atoms with Crippen molar-refractivity contribution >= 4 is 36.3 Å². The molecule has 0 rings (SSSR count). The van der Waals surface area contributed by atoms with Crippen LogP contribution in [-0.2, 0) is 39.8 Å². The zero-order chi connectivity index (χ0) is 15.3. The van der Waals surface area contributed by atoms with Crippen molar-refractivity contribution in [3.63, 3.8) is 0 Å². The third kappa shape index (κ3) is 23.1. The normalized spacial score (nSPS) is 11.3. The van der Waals surface area contributed by atoms with E-state index in [2.05, 4.69) is 27.6 Å². The van der Waals surface area contributed by atoms with E-state index in [9.17, 15) is 25.2 Å². The Morgan fingerprint density at radius 2 is 1.14 bits per heavy atom. The van der Waals surface area contributed by atoms with Gasteiger partial charge >= 0.3 is 81.5 Å². The van der Waals surface area contributed by atoms with Gasteiger partial charge in [-0.2, -0.15) is 0 Å². The van der Waals surface area contributed by atoms with E-state index in [-0.39, 0.29) is 64.9 Å². The molecule has 106 valence electrons. The molecule has 13 heteroatoms. The number of aliphatic carboxylic acids is 1. The molecule has 0 atom stereocenters. The molecule has 9 nitrogen and oxygen atoms in total. The van der Waals surface area contributed by atoms with Crippen molar-refractivity contribution in [3.8, 4) is 0 Å². The van der Waals surface area contributed by atoms with Crippen LogP contribution in [0.2, 0.25) is 0 Å². The van der Waals surface area contributed by atoms with Crippen LogP contribution in [0, 0.1) is 0 Å². The molecule has 0 fully saturated rings. The second kappa shape index (κ2) is 20.7. The van der Waals surface area contributed by atoms with E-state index in [0.717, 1.165) is 18.9 Å². The van der Waals surface area contributed by atoms with Crippen molar-refractivity contribution in [2.45, 2.75) is 0 Å². The van der Waals surface area contributed by atoms with E-state index in [0.29, 0.717) is 0 Å². The van der Waals surface area contributed by atoms with Crippen LogP contribution in [0.4, 0.5) is 0 Å². The summed E-state index contributed by atoms with van der Waals surface area (Å²) in [5, 5.41) is 42.3. The molecule has 0 heterocycles. The number of aliphatic imine (C=N–C) groups is 3. The predicted octanol–water partition coefficient (Wildman–Crippen LogP) is -11.6. The van der Waals surface area contributed by atoms with E-state index in [1.807, 2.05) is 0 Å². The summed E-state index contributed by atoms with van der Waals surface area (Å²) in [4.78, 5) is 19.5. The van der Waals surface area contributed by atoms with Crippen LogP contribution in [0.15, 0.2) is 15.0 Å². The third-order valence-electron chi connectivity index (χ3n) is 1.29. The summed E-state index contributed by atoms with van der Waals surface area (Å²) in [7, 11) is 0. The first kappa shape index (κ1) is 29.7. The Hall–Kier alpha value is 0.679. The van der Waals surface area contributed by atoms with Crippen LogP contribution < -0.4 is 79.5 Å². The first-order valence-electron chi connectivity index (χ1n) is 4.50. The number of carboxylic acids is 1. The van der Waals surface area contributed by atoms with Crippen molar-refractivity contribution in [2.75, 3.05) is 25.4 Å². The van der Waals surface area contributed by atoms with E-state index in [4.69, 9.17) is 3.50 Å². The summed E-state index contributed by atoms with van der Waals surface area (Å²) in [5.41, 5.74) is 0. The second-order valence-electron chi connectivity index (χ2n) is 2.65. The summed E-state index contributed by atoms with van der Waals surface area (Å²) in [6, 6.07) is 0. The predicted molar refractivity (Wildman–Crippen MR) is 54.8 cm³/mol. The van der Waals surface area contributed by atoms with Gasteiger partial charge in [0.25, 0.3) is 0 Å². The fraction of sp³-hybridized carbons (Fsp3) is 0.500. The van der Waals surface area contributed by atoms with Crippen LogP contribution >= 0.6 is 0 Å². The average molecular weight is 418 g/mol. The summed E-state index contributed by atoms with van der Waals surface area (Å²) in [6.45, 7) is -1.84. The van der Waals surface area contributed by atoms with Crippen LogP contribution in [-0.4, -0.2) is 49.0 Å². The van der Waals surface area contributed by atoms with E-state index < -0.39 is 43.3 Å². The molecule has 0 aromatic heterocycles. The molecule has 0 amide bonds. The van der Waals surface area contributed by atoms with Gasteiger partial charge in [0, 0.05) is 0 Å². The van der Waals surface area contributed by atoms with E-state index in [1.165, 1.54) is 0 Å². The number of carboxylic acid groups (broad SMARTS) is 1. The topological polar surface area (TPSA) is 163 Å². The molecule has 0 saturated heterocycles. The third-order valence-corrected chi connectivity index (χ3v) is 1.54. The molecule has 0 N–H and O–H groups in total. The first-order chi connectivity index (χ1) is 8.95. The maximum absolute atomic E-state index is 10.9. The Labute approximate surface area is 181 Å². The number of rotatable bonds is 7. The van der Waals surface area contributed by atoms with Crippen LogP contribution in [0.5, 0.6) is 0 Å². The van der Waals surface area contributed by atoms with Gasteiger partial charge < -0.3 is 42.8 Å². The van der Waals surface area contributed by atoms with Gasteiger partial charge in [-0.05, 0) is 11.8 Å². The quantitative estimate of drug-likeness (QED) is 0.171. The number of carbonyl (C=O) groups excluding carboxylic acids is 1. The molecule has 0 aliphatic rings. The van der Waals surface area contributed by atoms with Gasteiger partial charge in [0.05, 0.1) is 25.6 Å². The molecule has 0 aliphatic carbocycles. The minimum absolute atomic E-state index is 0. The van der Waals surface area contributed by atoms with Gasteiger partial charge in [0.1, 0.15) is 0 Å². The zero-order valence-electron chi connectivity index (χ0n) is 11.4. The fourth-order valence-corrected chi connectivity index (χ4v) is 0.701. The molecule has 0 aromatic carbocycles. The zero-order valence-corrected chi connectivity index (χ0v) is 18.1. The monoisotopic (exact) mass is 417 g/mol. The van der Waals surface area contributed by atoms with Crippen LogP contribution in [0.25, 0.3) is 0 Å². The molecule has 0 unspecified atom stereocenters. The first-order valence-corrected chi connectivity index (χ1v) is 5.83. The molecule has 0 radical (unpaired) electrons. The van der Waals surface area contributed by atoms with Gasteiger partial charge in [-0.3, -0.25) is 9.98 Å². The van der Waals surface area contributed by atoms with Gasteiger partial charge in [-0.1, -0.05) is 5.90 Å². The molecule has 0 saturated carbocycles. The van der Waals surface area contributed by atoms with Crippen molar-refractivity contribution < 1.29 is 107 Å². The molecule has 21 heavy (non-hydrogen) atoms. The van der Waals surface area contributed by atoms with Crippen LogP contribution in [0.3, 0.4) is 0 Å². The fourth-order valence-electron chi connectivity index (χ4n) is 0.610. The van der Waals surface area contributed by atoms with Crippen molar-refractivity contribution in [3.05, 3.63) is 0 Å². The summed E-state index contributed by atoms with van der Waals surface area (Å²) in [6.07, 6.45) is 0. The Balaban J connectivity index is -0.000000344. The SMILES string of the molecule is O=C([O-])CN=C([O-])CN=C([O-])CN=C([O-])C[S-].[Na+].[Na+].[O]=[Tc+3]. The number of carbonyl (C=O) groups is 1. The summed E-state index contributed by atoms with van der Waals surface area (Å²) < 4.78 is 8.22. The van der Waals surface area contributed by atoms with Crippen molar-refractivity contribution in [1.29, 1.82) is 0 Å². The maximum atomic E-state index is 10.9. The van der Waals surface area contributed by atoms with E-state index >= 15 is 0 Å². The molecule has 0 spiro atoms. The van der Waals surface area contributed by atoms with Crippen molar-refractivity contribution in [2.24, 2.45) is 15.0 Å². The van der Waals surface area contributed by atoms with Gasteiger partial charge in [0.15, 0.2) is 0 Å². The minimum atomic E-state index is -1.50. The van der Waals surface area contributed by atoms with E-state index in [1.54, 1.807) is 0 Å². The number of nitrogens with zero attached hydrogens (tertiary/aromatic N) is 3. The molecular formula is C8H8N3Na2O6STc. The van der Waals surface area contributed by atoms with Gasteiger partial charge in [-0.15, -0.1) is 5.75 Å². The van der Waals surface area contributed by atoms with Crippen molar-refractivity contribution in [1.82, 2.24) is 0 Å². The molecular weight excluding hydrogens is 410 g/mol. The summed E-state index contributed by atoms with van der Waals surface area (Å²) >= 11 is 5.28. The Kier molecular flexibility index (Phi) is 29.2. The molecule has 0 aromatic rings. The Morgan fingerprint density at radius 3 is 1.48 bits per heavy atom. The molecule has 0 bridgehead atoms. The second-order valence-corrected chi connectivity index (χ2v) is 2.93. The molecule has 0 aliphatic heterocycles. The van der Waals surface area contributed by atoms with Crippen LogP contribution in [0.1, 0.15) is 0 Å². The number of hydrogen-bond donors (Lipinski definition) is 0. The van der Waals surface area contributed by atoms with Gasteiger partial charge in [0.2, 0.25) is 0 Å². The standard InChI is InChI=1S/C8H13N3O5S.2Na.O.Tc/c12-5(2-10-7(14)4-17)9-1-6(13)11-3-8(15)16;;;;/h17H,1-4H2,(H,9,12)(H,10,14)(H,11,13)(H,15,16);;;;/q;2*+1;;+3/p-5. The number of hydrogen-bond acceptors (Lipinski definition) is 10. The summed E-state index contributed by atoms with van der Waals surface area (Å²) in [5.74, 6) is -3.99. The Bertz CT molecular complexity index is 383. The average Bonchev–Trinajstić information content (AvgIpc) is 2.42. The Morgan fingerprint density at radius 1 is 0.810 bits per heavy atom.